The van der Waals surface area contributed by atoms with E-state index in [4.69, 9.17) is 21.9 Å². The summed E-state index contributed by atoms with van der Waals surface area (Å²) in [5.74, 6) is -0.715. The molecule has 0 atom stereocenters. The van der Waals surface area contributed by atoms with Gasteiger partial charge in [-0.05, 0) is 71.1 Å². The molecule has 6 aromatic carbocycles. The summed E-state index contributed by atoms with van der Waals surface area (Å²) in [5, 5.41) is 36.8. The molecule has 0 fully saturated rings. The molecule has 7 N–H and O–H groups in total. The Labute approximate surface area is 364 Å². The summed E-state index contributed by atoms with van der Waals surface area (Å²) < 4.78 is 76.6. The first kappa shape index (κ1) is 43.9. The fraction of sp³-hybridized carbons (Fsp3) is 0.0286. The third kappa shape index (κ3) is 9.76. The van der Waals surface area contributed by atoms with Crippen molar-refractivity contribution >= 4 is 82.2 Å². The van der Waals surface area contributed by atoms with Crippen molar-refractivity contribution in [1.29, 1.82) is 0 Å². The van der Waals surface area contributed by atoms with E-state index in [0.29, 0.717) is 28.5 Å². The van der Waals surface area contributed by atoms with Crippen LogP contribution in [-0.4, -0.2) is 33.1 Å². The molecule has 0 aliphatic carbocycles. The molecule has 0 saturated heterocycles. The van der Waals surface area contributed by atoms with Gasteiger partial charge in [-0.25, -0.2) is 8.42 Å². The zero-order chi connectivity index (χ0) is 38.8. The number of hydrogen-bond acceptors (Lipinski definition) is 16. The van der Waals surface area contributed by atoms with E-state index in [1.807, 2.05) is 0 Å². The van der Waals surface area contributed by atoms with Crippen LogP contribution >= 0.6 is 0 Å². The van der Waals surface area contributed by atoms with Gasteiger partial charge >= 0.3 is 59.1 Å². The van der Waals surface area contributed by atoms with Gasteiger partial charge in [0, 0.05) is 11.5 Å². The van der Waals surface area contributed by atoms with E-state index in [9.17, 15) is 31.0 Å². The van der Waals surface area contributed by atoms with Crippen molar-refractivity contribution in [1.82, 2.24) is 0 Å². The Morgan fingerprint density at radius 3 is 1.64 bits per heavy atom. The maximum atomic E-state index is 13.6. The molecule has 6 aromatic rings. The fourth-order valence-corrected chi connectivity index (χ4v) is 6.52. The molecule has 0 aliphatic rings. The predicted molar refractivity (Wildman–Crippen MR) is 198 cm³/mol. The summed E-state index contributed by atoms with van der Waals surface area (Å²) in [6.45, 7) is 0. The van der Waals surface area contributed by atoms with Gasteiger partial charge < -0.3 is 31.6 Å². The van der Waals surface area contributed by atoms with E-state index in [0.717, 1.165) is 23.3 Å². The Balaban J connectivity index is 0.00000348. The van der Waals surface area contributed by atoms with Crippen LogP contribution in [0.1, 0.15) is 0 Å². The molecular weight excluding hydrogens is 785 g/mol. The molecule has 0 unspecified atom stereocenters. The van der Waals surface area contributed by atoms with Crippen LogP contribution in [-0.2, 0) is 20.2 Å². The van der Waals surface area contributed by atoms with Crippen molar-refractivity contribution in [2.24, 2.45) is 30.7 Å². The number of benzene rings is 6. The second-order valence-corrected chi connectivity index (χ2v) is 14.1. The number of nitrogen functional groups attached to an aromatic ring is 3. The van der Waals surface area contributed by atoms with Gasteiger partial charge in [-0.15, -0.1) is 15.3 Å². The van der Waals surface area contributed by atoms with Crippen molar-refractivity contribution in [3.63, 3.8) is 0 Å². The van der Waals surface area contributed by atoms with Crippen molar-refractivity contribution in [3.8, 4) is 22.6 Å². The second-order valence-electron chi connectivity index (χ2n) is 11.4. The van der Waals surface area contributed by atoms with Gasteiger partial charge in [0.1, 0.15) is 32.1 Å². The number of anilines is 3. The molecule has 0 aliphatic heterocycles. The predicted octanol–water partition coefficient (Wildman–Crippen LogP) is 1.74. The summed E-state index contributed by atoms with van der Waals surface area (Å²) in [6.07, 6.45) is 0. The van der Waals surface area contributed by atoms with Crippen LogP contribution in [0.15, 0.2) is 144 Å². The molecule has 17 nitrogen and oxygen atoms in total. The number of methoxy groups -OCH3 is 1. The van der Waals surface area contributed by atoms with Crippen molar-refractivity contribution < 1.29 is 94.9 Å². The third-order valence-corrected chi connectivity index (χ3v) is 9.57. The summed E-state index contributed by atoms with van der Waals surface area (Å²) in [6, 6.07) is 26.2. The van der Waals surface area contributed by atoms with Crippen molar-refractivity contribution in [2.75, 3.05) is 24.3 Å². The second kappa shape index (κ2) is 18.0. The average molecular weight is 812 g/mol. The van der Waals surface area contributed by atoms with Gasteiger partial charge in [0.05, 0.1) is 51.8 Å². The summed E-state index contributed by atoms with van der Waals surface area (Å²) in [4.78, 5) is -1.96. The monoisotopic (exact) mass is 811 g/mol. The first-order valence-corrected chi connectivity index (χ1v) is 18.3. The SMILES string of the molecule is COc1cc(N=Nc2ccc(-c3ccc(N=Nc4c(S(=O)(=O)[O-])cc5cc(S(=O)(=O)O)c(N=Nc6ccccc6)c([O-])c5c4N)cc3)cc2)c(N)cc1N.[Na+].[Na+]. The smallest absolute Gasteiger partial charge is 0.870 e. The molecule has 21 heteroatoms. The Kier molecular flexibility index (Phi) is 14.1. The zero-order valence-corrected chi connectivity index (χ0v) is 35.5. The number of nitrogens with zero attached hydrogens (tertiary/aromatic N) is 6. The molecule has 0 bridgehead atoms. The standard InChI is InChI=1S/C35H29N9O8S2.2Na/c1-52-28-18-27(25(36)17-26(28)37)42-39-23-11-7-19(8-12-23)20-9-13-24(14-10-20)41-43-33-29(53(46,47)48)15-21-16-30(54(49,50)51)34(35(45)31(21)32(33)38)44-40-22-5-3-2-4-6-22;;/h2-18,45H,36-38H2,1H3,(H,46,47,48)(H,49,50,51);;/q;2*+1/p-2. The molecule has 0 amide bonds. The minimum Gasteiger partial charge on any atom is -0.870 e. The van der Waals surface area contributed by atoms with Gasteiger partial charge in [0.25, 0.3) is 10.1 Å². The Hall–Kier alpha value is -4.80. The number of nitrogens with two attached hydrogens (primary N) is 3. The first-order valence-electron chi connectivity index (χ1n) is 15.4. The van der Waals surface area contributed by atoms with E-state index < -0.39 is 58.2 Å². The van der Waals surface area contributed by atoms with E-state index in [1.54, 1.807) is 72.8 Å². The normalized spacial score (nSPS) is 11.9. The van der Waals surface area contributed by atoms with E-state index in [2.05, 4.69) is 30.7 Å². The Bertz CT molecular complexity index is 2740. The molecular formula is C35H27N9Na2O8S2. The van der Waals surface area contributed by atoms with Crippen LogP contribution in [0.4, 0.5) is 51.2 Å². The third-order valence-electron chi connectivity index (χ3n) is 7.85. The fourth-order valence-electron chi connectivity index (χ4n) is 5.21. The van der Waals surface area contributed by atoms with Gasteiger partial charge in [-0.3, -0.25) is 4.55 Å². The quantitative estimate of drug-likeness (QED) is 0.0669. The van der Waals surface area contributed by atoms with Gasteiger partial charge in [-0.2, -0.15) is 23.8 Å². The Morgan fingerprint density at radius 1 is 0.625 bits per heavy atom. The van der Waals surface area contributed by atoms with Crippen LogP contribution < -0.4 is 86.2 Å². The summed E-state index contributed by atoms with van der Waals surface area (Å²) in [7, 11) is -8.93. The maximum Gasteiger partial charge on any atom is 1.00 e. The van der Waals surface area contributed by atoms with Gasteiger partial charge in [-0.1, -0.05) is 48.2 Å². The van der Waals surface area contributed by atoms with Gasteiger partial charge in [0.15, 0.2) is 0 Å². The minimum absolute atomic E-state index is 0. The van der Waals surface area contributed by atoms with Crippen LogP contribution in [0, 0.1) is 0 Å². The summed E-state index contributed by atoms with van der Waals surface area (Å²) >= 11 is 0. The van der Waals surface area contributed by atoms with E-state index in [-0.39, 0.29) is 75.9 Å². The van der Waals surface area contributed by atoms with Crippen LogP contribution in [0.3, 0.4) is 0 Å². The van der Waals surface area contributed by atoms with E-state index >= 15 is 0 Å². The summed E-state index contributed by atoms with van der Waals surface area (Å²) in [5.41, 5.74) is 19.7. The molecule has 56 heavy (non-hydrogen) atoms. The first-order chi connectivity index (χ1) is 25.6. The Morgan fingerprint density at radius 2 is 1.12 bits per heavy atom. The maximum absolute atomic E-state index is 13.6. The minimum atomic E-state index is -5.31. The number of hydrogen-bond donors (Lipinski definition) is 4. The zero-order valence-electron chi connectivity index (χ0n) is 29.9. The molecule has 0 saturated carbocycles. The number of rotatable bonds is 10. The molecule has 0 heterocycles. The topological polar surface area (TPSA) is 296 Å². The molecule has 6 rings (SSSR count). The van der Waals surface area contributed by atoms with Crippen molar-refractivity contribution in [3.05, 3.63) is 103 Å². The van der Waals surface area contributed by atoms with Crippen LogP contribution in [0.2, 0.25) is 0 Å². The molecule has 0 aromatic heterocycles. The van der Waals surface area contributed by atoms with Crippen LogP contribution in [0.25, 0.3) is 21.9 Å². The number of ether oxygens (including phenoxy) is 1. The average Bonchev–Trinajstić information content (AvgIpc) is 3.13. The number of azo groups is 3. The molecule has 0 spiro atoms. The largest absolute Gasteiger partial charge is 1.00 e. The van der Waals surface area contributed by atoms with Crippen LogP contribution in [0.5, 0.6) is 11.5 Å². The van der Waals surface area contributed by atoms with Crippen molar-refractivity contribution in [2.45, 2.75) is 9.79 Å². The molecule has 0 radical (unpaired) electrons. The van der Waals surface area contributed by atoms with E-state index in [1.165, 1.54) is 25.3 Å². The van der Waals surface area contributed by atoms with Gasteiger partial charge in [0.2, 0.25) is 0 Å². The molecule has 274 valence electrons. The number of fused-ring (bicyclic) bond motifs is 1.